The zero-order valence-corrected chi connectivity index (χ0v) is 18.2. The fourth-order valence-corrected chi connectivity index (χ4v) is 5.16. The summed E-state index contributed by atoms with van der Waals surface area (Å²) < 4.78 is 18.2. The standard InChI is InChI=1S/C23H24FN5OS/c1-16-7-6-12-27(13-16)21(30)15-31-23-26-25-22-28(14-17-8-2-3-9-18(17)24)19-10-4-5-11-20(19)29(22)23/h2-5,8-11,16H,6-7,12-15H2,1H3/t16-/m1/s1. The number of benzene rings is 2. The lowest BCUT2D eigenvalue weighted by atomic mass is 10.0. The van der Waals surface area contributed by atoms with Crippen molar-refractivity contribution in [3.8, 4) is 0 Å². The highest BCUT2D eigenvalue weighted by Gasteiger charge is 2.23. The highest BCUT2D eigenvalue weighted by Crippen LogP contribution is 2.27. The van der Waals surface area contributed by atoms with Crippen LogP contribution in [0.25, 0.3) is 16.8 Å². The Hall–Kier alpha value is -2.87. The molecule has 0 spiro atoms. The number of piperidine rings is 1. The second kappa shape index (κ2) is 8.34. The number of halogens is 1. The molecule has 5 rings (SSSR count). The number of imidazole rings is 1. The van der Waals surface area contributed by atoms with E-state index in [1.165, 1.54) is 24.2 Å². The van der Waals surface area contributed by atoms with Gasteiger partial charge in [0.25, 0.3) is 0 Å². The molecule has 0 saturated carbocycles. The van der Waals surface area contributed by atoms with Crippen LogP contribution in [-0.2, 0) is 11.3 Å². The number of amides is 1. The molecular formula is C23H24FN5OS. The van der Waals surface area contributed by atoms with E-state index in [4.69, 9.17) is 0 Å². The molecule has 3 heterocycles. The minimum atomic E-state index is -0.242. The predicted molar refractivity (Wildman–Crippen MR) is 120 cm³/mol. The molecule has 0 radical (unpaired) electrons. The average molecular weight is 438 g/mol. The molecule has 0 unspecified atom stereocenters. The topological polar surface area (TPSA) is 55.4 Å². The van der Waals surface area contributed by atoms with Crippen molar-refractivity contribution < 1.29 is 9.18 Å². The second-order valence-corrected chi connectivity index (χ2v) is 9.10. The number of nitrogens with zero attached hydrogens (tertiary/aromatic N) is 5. The van der Waals surface area contributed by atoms with Crippen molar-refractivity contribution in [2.24, 2.45) is 5.92 Å². The molecule has 1 fully saturated rings. The van der Waals surface area contributed by atoms with E-state index in [1.807, 2.05) is 44.2 Å². The van der Waals surface area contributed by atoms with Crippen LogP contribution < -0.4 is 0 Å². The molecule has 1 atom stereocenters. The first-order valence-electron chi connectivity index (χ1n) is 10.6. The van der Waals surface area contributed by atoms with Crippen LogP contribution in [-0.4, -0.2) is 48.8 Å². The van der Waals surface area contributed by atoms with Crippen molar-refractivity contribution in [2.75, 3.05) is 18.8 Å². The molecule has 6 nitrogen and oxygen atoms in total. The minimum Gasteiger partial charge on any atom is -0.342 e. The van der Waals surface area contributed by atoms with Gasteiger partial charge in [-0.3, -0.25) is 9.20 Å². The summed E-state index contributed by atoms with van der Waals surface area (Å²) in [4.78, 5) is 14.7. The summed E-state index contributed by atoms with van der Waals surface area (Å²) in [5, 5.41) is 9.42. The molecule has 2 aromatic heterocycles. The molecule has 1 amide bonds. The summed E-state index contributed by atoms with van der Waals surface area (Å²) in [6.45, 7) is 4.22. The van der Waals surface area contributed by atoms with Crippen LogP contribution in [0.5, 0.6) is 0 Å². The van der Waals surface area contributed by atoms with Crippen molar-refractivity contribution in [2.45, 2.75) is 31.5 Å². The van der Waals surface area contributed by atoms with Crippen molar-refractivity contribution in [1.29, 1.82) is 0 Å². The number of aromatic nitrogens is 4. The number of hydrogen-bond donors (Lipinski definition) is 0. The summed E-state index contributed by atoms with van der Waals surface area (Å²) in [7, 11) is 0. The molecule has 8 heteroatoms. The molecule has 0 bridgehead atoms. The highest BCUT2D eigenvalue weighted by atomic mass is 32.2. The molecule has 4 aromatic rings. The first-order valence-corrected chi connectivity index (χ1v) is 11.6. The number of fused-ring (bicyclic) bond motifs is 3. The SMILES string of the molecule is C[C@@H]1CCCN(C(=O)CSc2nnc3n(Cc4ccccc4F)c4ccccc4n23)C1. The first-order chi connectivity index (χ1) is 15.1. The van der Waals surface area contributed by atoms with Gasteiger partial charge in [-0.1, -0.05) is 49.0 Å². The van der Waals surface area contributed by atoms with Crippen molar-refractivity contribution >= 4 is 34.5 Å². The van der Waals surface area contributed by atoms with E-state index in [-0.39, 0.29) is 11.7 Å². The summed E-state index contributed by atoms with van der Waals surface area (Å²) in [6, 6.07) is 14.7. The van der Waals surface area contributed by atoms with E-state index in [2.05, 4.69) is 17.1 Å². The molecule has 1 aliphatic heterocycles. The monoisotopic (exact) mass is 437 g/mol. The van der Waals surface area contributed by atoms with Gasteiger partial charge in [-0.05, 0) is 37.0 Å². The van der Waals surface area contributed by atoms with Crippen LogP contribution in [0.2, 0.25) is 0 Å². The van der Waals surface area contributed by atoms with Crippen molar-refractivity contribution in [1.82, 2.24) is 24.1 Å². The maximum absolute atomic E-state index is 14.3. The average Bonchev–Trinajstić information content (AvgIpc) is 3.33. The third-order valence-corrected chi connectivity index (χ3v) is 6.81. The van der Waals surface area contributed by atoms with Gasteiger partial charge in [-0.15, -0.1) is 10.2 Å². The van der Waals surface area contributed by atoms with Crippen LogP contribution in [0, 0.1) is 11.7 Å². The lowest BCUT2D eigenvalue weighted by Crippen LogP contribution is -2.40. The first kappa shape index (κ1) is 20.1. The summed E-state index contributed by atoms with van der Waals surface area (Å²) in [5.74, 6) is 1.43. The molecule has 2 aromatic carbocycles. The van der Waals surface area contributed by atoms with Gasteiger partial charge < -0.3 is 9.47 Å². The van der Waals surface area contributed by atoms with E-state index in [1.54, 1.807) is 12.1 Å². The van der Waals surface area contributed by atoms with E-state index in [0.29, 0.717) is 34.7 Å². The Balaban J connectivity index is 1.46. The summed E-state index contributed by atoms with van der Waals surface area (Å²) in [5.41, 5.74) is 2.49. The second-order valence-electron chi connectivity index (χ2n) is 8.16. The van der Waals surface area contributed by atoms with Gasteiger partial charge in [-0.25, -0.2) is 4.39 Å². The molecule has 31 heavy (non-hydrogen) atoms. The largest absolute Gasteiger partial charge is 0.342 e. The fraction of sp³-hybridized carbons (Fsp3) is 0.348. The zero-order valence-electron chi connectivity index (χ0n) is 17.4. The predicted octanol–water partition coefficient (Wildman–Crippen LogP) is 4.22. The molecular weight excluding hydrogens is 413 g/mol. The van der Waals surface area contributed by atoms with Gasteiger partial charge in [0, 0.05) is 18.7 Å². The van der Waals surface area contributed by atoms with Gasteiger partial charge >= 0.3 is 0 Å². The van der Waals surface area contributed by atoms with Crippen LogP contribution in [0.3, 0.4) is 0 Å². The Morgan fingerprint density at radius 3 is 2.71 bits per heavy atom. The van der Waals surface area contributed by atoms with Gasteiger partial charge in [0.2, 0.25) is 11.7 Å². The van der Waals surface area contributed by atoms with Gasteiger partial charge in [0.05, 0.1) is 23.3 Å². The van der Waals surface area contributed by atoms with Crippen molar-refractivity contribution in [3.05, 3.63) is 59.9 Å². The molecule has 0 N–H and O–H groups in total. The number of hydrogen-bond acceptors (Lipinski definition) is 4. The number of para-hydroxylation sites is 2. The number of rotatable bonds is 5. The Morgan fingerprint density at radius 2 is 1.90 bits per heavy atom. The van der Waals surface area contributed by atoms with Gasteiger partial charge in [0.15, 0.2) is 5.16 Å². The van der Waals surface area contributed by atoms with Crippen molar-refractivity contribution in [3.63, 3.8) is 0 Å². The number of thioether (sulfide) groups is 1. The Bertz CT molecular complexity index is 1250. The Morgan fingerprint density at radius 1 is 1.13 bits per heavy atom. The van der Waals surface area contributed by atoms with Crippen LogP contribution >= 0.6 is 11.8 Å². The molecule has 160 valence electrons. The number of likely N-dealkylation sites (tertiary alicyclic amines) is 1. The summed E-state index contributed by atoms with van der Waals surface area (Å²) in [6.07, 6.45) is 2.25. The quantitative estimate of drug-likeness (QED) is 0.439. The molecule has 1 saturated heterocycles. The lowest BCUT2D eigenvalue weighted by molar-refractivity contribution is -0.130. The molecule has 1 aliphatic rings. The normalized spacial score (nSPS) is 17.0. The number of carbonyl (C=O) groups excluding carboxylic acids is 1. The Kier molecular flexibility index (Phi) is 5.40. The lowest BCUT2D eigenvalue weighted by Gasteiger charge is -2.30. The van der Waals surface area contributed by atoms with Crippen LogP contribution in [0.15, 0.2) is 53.7 Å². The third-order valence-electron chi connectivity index (χ3n) is 5.89. The Labute approximate surface area is 184 Å². The fourth-order valence-electron chi connectivity index (χ4n) is 4.32. The minimum absolute atomic E-state index is 0.142. The van der Waals surface area contributed by atoms with E-state index >= 15 is 0 Å². The van der Waals surface area contributed by atoms with E-state index < -0.39 is 0 Å². The van der Waals surface area contributed by atoms with E-state index in [9.17, 15) is 9.18 Å². The summed E-state index contributed by atoms with van der Waals surface area (Å²) >= 11 is 1.41. The van der Waals surface area contributed by atoms with Gasteiger partial charge in [0.1, 0.15) is 5.82 Å². The van der Waals surface area contributed by atoms with Crippen LogP contribution in [0.4, 0.5) is 4.39 Å². The smallest absolute Gasteiger partial charge is 0.237 e. The van der Waals surface area contributed by atoms with Crippen LogP contribution in [0.1, 0.15) is 25.3 Å². The molecule has 0 aliphatic carbocycles. The maximum atomic E-state index is 14.3. The highest BCUT2D eigenvalue weighted by molar-refractivity contribution is 7.99. The van der Waals surface area contributed by atoms with E-state index in [0.717, 1.165) is 30.5 Å². The van der Waals surface area contributed by atoms with Gasteiger partial charge in [-0.2, -0.15) is 0 Å². The zero-order chi connectivity index (χ0) is 21.4. The third kappa shape index (κ3) is 3.80. The maximum Gasteiger partial charge on any atom is 0.237 e. The number of carbonyl (C=O) groups is 1.